The van der Waals surface area contributed by atoms with Gasteiger partial charge < -0.3 is 0 Å². The van der Waals surface area contributed by atoms with E-state index in [-0.39, 0.29) is 3.36 Å². The van der Waals surface area contributed by atoms with Gasteiger partial charge in [-0.15, -0.1) is 0 Å². The van der Waals surface area contributed by atoms with Crippen LogP contribution in [0, 0.1) is 0 Å². The Hall–Kier alpha value is -1.52. The summed E-state index contributed by atoms with van der Waals surface area (Å²) in [7, 11) is 0. The summed E-state index contributed by atoms with van der Waals surface area (Å²) in [6.45, 7) is 0. The predicted molar refractivity (Wildman–Crippen MR) is 87.8 cm³/mol. The van der Waals surface area contributed by atoms with Crippen LogP contribution in [0.5, 0.6) is 0 Å². The molecule has 0 nitrogen and oxygen atoms in total. The van der Waals surface area contributed by atoms with E-state index in [1.807, 2.05) is 0 Å². The fourth-order valence-electron chi connectivity index (χ4n) is 2.60. The average Bonchev–Trinajstić information content (AvgIpc) is 2.56. The van der Waals surface area contributed by atoms with Crippen LogP contribution in [-0.4, -0.2) is 23.0 Å². The second kappa shape index (κ2) is 5.85. The summed E-state index contributed by atoms with van der Waals surface area (Å²) in [6, 6.07) is 32.5. The fourth-order valence-corrected chi connectivity index (χ4v) is 4.25. The Morgan fingerprint density at radius 3 is 0.950 bits per heavy atom. The third-order valence-corrected chi connectivity index (χ3v) is 6.54. The van der Waals surface area contributed by atoms with Gasteiger partial charge in [0.05, 0.1) is 0 Å². The van der Waals surface area contributed by atoms with Crippen molar-refractivity contribution in [3.05, 3.63) is 108 Å². The third kappa shape index (κ3) is 2.41. The van der Waals surface area contributed by atoms with E-state index in [1.54, 1.807) is 0 Å². The SMILES string of the molecule is [SbH2][C](c1ccccc1)(c1ccccc1)c1ccccc1. The molecule has 0 spiro atoms. The van der Waals surface area contributed by atoms with Crippen molar-refractivity contribution in [3.8, 4) is 0 Å². The van der Waals surface area contributed by atoms with E-state index in [9.17, 15) is 0 Å². The van der Waals surface area contributed by atoms with Gasteiger partial charge in [-0.25, -0.2) is 0 Å². The van der Waals surface area contributed by atoms with Gasteiger partial charge in [-0.1, -0.05) is 0 Å². The molecule has 0 saturated heterocycles. The Kier molecular flexibility index (Phi) is 3.94. The van der Waals surface area contributed by atoms with Gasteiger partial charge in [0.2, 0.25) is 0 Å². The van der Waals surface area contributed by atoms with Crippen molar-refractivity contribution in [3.63, 3.8) is 0 Å². The van der Waals surface area contributed by atoms with Gasteiger partial charge >= 0.3 is 134 Å². The maximum absolute atomic E-state index is 2.24. The molecule has 0 aliphatic carbocycles. The zero-order chi connectivity index (χ0) is 13.8. The van der Waals surface area contributed by atoms with Crippen molar-refractivity contribution >= 4 is 23.0 Å². The molecule has 20 heavy (non-hydrogen) atoms. The molecule has 3 rings (SSSR count). The van der Waals surface area contributed by atoms with Crippen molar-refractivity contribution < 1.29 is 0 Å². The summed E-state index contributed by atoms with van der Waals surface area (Å²) < 4.78 is 0.00875. The van der Waals surface area contributed by atoms with E-state index in [4.69, 9.17) is 0 Å². The maximum atomic E-state index is 2.24. The molecule has 0 heterocycles. The van der Waals surface area contributed by atoms with Crippen LogP contribution >= 0.6 is 0 Å². The molecular weight excluding hydrogens is 350 g/mol. The van der Waals surface area contributed by atoms with Crippen molar-refractivity contribution in [2.45, 2.75) is 3.36 Å². The molecule has 0 N–H and O–H groups in total. The quantitative estimate of drug-likeness (QED) is 0.490. The zero-order valence-corrected chi connectivity index (χ0v) is 14.5. The standard InChI is InChI=1S/C19H15.Sb.2H/c1-4-10-16(11-5-1)19(17-12-6-2-7-13-17)18-14-8-3-9-15-18;;;/h1-15H;;;. The molecule has 1 heteroatoms. The molecule has 3 aromatic carbocycles. The van der Waals surface area contributed by atoms with Crippen LogP contribution in [0.4, 0.5) is 0 Å². The molecule has 98 valence electrons. The Morgan fingerprint density at radius 1 is 0.450 bits per heavy atom. The number of benzene rings is 3. The van der Waals surface area contributed by atoms with Crippen LogP contribution in [0.25, 0.3) is 0 Å². The van der Waals surface area contributed by atoms with Crippen molar-refractivity contribution in [1.29, 1.82) is 0 Å². The van der Waals surface area contributed by atoms with Gasteiger partial charge in [0.25, 0.3) is 0 Å². The number of hydrogen-bond acceptors (Lipinski definition) is 0. The van der Waals surface area contributed by atoms with Crippen LogP contribution < -0.4 is 0 Å². The molecule has 0 aliphatic heterocycles. The molecule has 0 radical (unpaired) electrons. The Balaban J connectivity index is 2.24. The summed E-state index contributed by atoms with van der Waals surface area (Å²) in [5.41, 5.74) is 4.12. The van der Waals surface area contributed by atoms with Crippen molar-refractivity contribution in [2.75, 3.05) is 0 Å². The Morgan fingerprint density at radius 2 is 0.700 bits per heavy atom. The van der Waals surface area contributed by atoms with Gasteiger partial charge in [-0.05, 0) is 0 Å². The van der Waals surface area contributed by atoms with Crippen molar-refractivity contribution in [2.24, 2.45) is 0 Å². The minimum atomic E-state index is 0.00875. The van der Waals surface area contributed by atoms with E-state index >= 15 is 0 Å². The first-order chi connectivity index (χ1) is 9.82. The van der Waals surface area contributed by atoms with E-state index in [0.717, 1.165) is 23.0 Å². The molecule has 0 unspecified atom stereocenters. The molecule has 0 atom stereocenters. The van der Waals surface area contributed by atoms with Crippen LogP contribution in [0.2, 0.25) is 0 Å². The normalized spacial score (nSPS) is 11.2. The van der Waals surface area contributed by atoms with E-state index in [0.29, 0.717) is 0 Å². The minimum absolute atomic E-state index is 0.00875. The summed E-state index contributed by atoms with van der Waals surface area (Å²) in [4.78, 5) is 0. The molecule has 3 aromatic rings. The second-order valence-corrected chi connectivity index (χ2v) is 7.38. The van der Waals surface area contributed by atoms with Crippen molar-refractivity contribution in [1.82, 2.24) is 0 Å². The summed E-state index contributed by atoms with van der Waals surface area (Å²) in [5.74, 6) is 0. The molecular formula is C19H17Sb. The molecule has 0 aromatic heterocycles. The zero-order valence-electron chi connectivity index (χ0n) is 11.2. The summed E-state index contributed by atoms with van der Waals surface area (Å²) in [5, 5.41) is 0. The Bertz CT molecular complexity index is 563. The van der Waals surface area contributed by atoms with Gasteiger partial charge in [-0.2, -0.15) is 0 Å². The molecule has 0 amide bonds. The first-order valence-corrected chi connectivity index (χ1v) is 8.42. The van der Waals surface area contributed by atoms with Crippen LogP contribution in [-0.2, 0) is 3.36 Å². The summed E-state index contributed by atoms with van der Waals surface area (Å²) >= 11 is 1.11. The van der Waals surface area contributed by atoms with Gasteiger partial charge in [0, 0.05) is 0 Å². The molecule has 0 saturated carbocycles. The van der Waals surface area contributed by atoms with Crippen LogP contribution in [0.1, 0.15) is 16.7 Å². The second-order valence-electron chi connectivity index (χ2n) is 4.91. The van der Waals surface area contributed by atoms with E-state index in [1.165, 1.54) is 16.7 Å². The first-order valence-electron chi connectivity index (χ1n) is 6.77. The monoisotopic (exact) mass is 366 g/mol. The fraction of sp³-hybridized carbons (Fsp3) is 0.0526. The van der Waals surface area contributed by atoms with Crippen LogP contribution in [0.15, 0.2) is 91.0 Å². The van der Waals surface area contributed by atoms with Crippen LogP contribution in [0.3, 0.4) is 0 Å². The van der Waals surface area contributed by atoms with E-state index in [2.05, 4.69) is 91.0 Å². The summed E-state index contributed by atoms with van der Waals surface area (Å²) in [6.07, 6.45) is 0. The van der Waals surface area contributed by atoms with Gasteiger partial charge in [-0.3, -0.25) is 0 Å². The van der Waals surface area contributed by atoms with Gasteiger partial charge in [0.1, 0.15) is 0 Å². The topological polar surface area (TPSA) is 0 Å². The molecule has 0 bridgehead atoms. The average molecular weight is 367 g/mol. The van der Waals surface area contributed by atoms with E-state index < -0.39 is 0 Å². The third-order valence-electron chi connectivity index (χ3n) is 3.69. The first kappa shape index (κ1) is 13.5. The Labute approximate surface area is 134 Å². The number of rotatable bonds is 3. The predicted octanol–water partition coefficient (Wildman–Crippen LogP) is 3.61. The van der Waals surface area contributed by atoms with Gasteiger partial charge in [0.15, 0.2) is 0 Å². The molecule has 0 fully saturated rings. The molecule has 0 aliphatic rings. The number of hydrogen-bond donors (Lipinski definition) is 0.